The zero-order valence-electron chi connectivity index (χ0n) is 13.2. The molecule has 1 heterocycles. The predicted octanol–water partition coefficient (Wildman–Crippen LogP) is 3.93. The number of hydrogen-bond acceptors (Lipinski definition) is 4. The molecule has 0 atom stereocenters. The van der Waals surface area contributed by atoms with Crippen LogP contribution in [0.1, 0.15) is 11.1 Å². The fraction of sp³-hybridized carbons (Fsp3) is 0.105. The number of nitriles is 1. The van der Waals surface area contributed by atoms with Gasteiger partial charge in [-0.2, -0.15) is 10.4 Å². The Morgan fingerprint density at radius 3 is 2.76 bits per heavy atom. The van der Waals surface area contributed by atoms with Crippen molar-refractivity contribution in [3.63, 3.8) is 0 Å². The molecule has 3 aromatic rings. The summed E-state index contributed by atoms with van der Waals surface area (Å²) in [7, 11) is 0. The van der Waals surface area contributed by atoms with Crippen molar-refractivity contribution >= 4 is 21.9 Å². The second-order valence-corrected chi connectivity index (χ2v) is 6.33. The van der Waals surface area contributed by atoms with Gasteiger partial charge in [0.2, 0.25) is 0 Å². The normalized spacial score (nSPS) is 10.2. The molecule has 0 amide bonds. The van der Waals surface area contributed by atoms with Gasteiger partial charge in [-0.25, -0.2) is 0 Å². The zero-order chi connectivity index (χ0) is 17.6. The molecule has 0 N–H and O–H groups in total. The van der Waals surface area contributed by atoms with E-state index in [9.17, 15) is 4.79 Å². The average molecular weight is 396 g/mol. The van der Waals surface area contributed by atoms with Crippen LogP contribution in [0.25, 0.3) is 11.1 Å². The lowest BCUT2D eigenvalue weighted by molar-refractivity contribution is -0.145. The van der Waals surface area contributed by atoms with Crippen molar-refractivity contribution in [2.45, 2.75) is 13.2 Å². The number of benzene rings is 2. The largest absolute Gasteiger partial charge is 0.459 e. The molecule has 2 aromatic carbocycles. The Balaban J connectivity index is 1.64. The van der Waals surface area contributed by atoms with Gasteiger partial charge in [-0.3, -0.25) is 9.48 Å². The monoisotopic (exact) mass is 395 g/mol. The summed E-state index contributed by atoms with van der Waals surface area (Å²) in [6.07, 6.45) is 3.42. The Bertz CT molecular complexity index is 929. The van der Waals surface area contributed by atoms with Crippen LogP contribution >= 0.6 is 15.9 Å². The zero-order valence-corrected chi connectivity index (χ0v) is 14.8. The first-order chi connectivity index (χ1) is 12.1. The molecule has 25 heavy (non-hydrogen) atoms. The van der Waals surface area contributed by atoms with Gasteiger partial charge in [0.1, 0.15) is 13.2 Å². The predicted molar refractivity (Wildman–Crippen MR) is 96.3 cm³/mol. The van der Waals surface area contributed by atoms with Gasteiger partial charge in [0.15, 0.2) is 0 Å². The molecule has 0 saturated carbocycles. The van der Waals surface area contributed by atoms with Crippen LogP contribution in [0, 0.1) is 11.3 Å². The molecule has 6 heteroatoms. The van der Waals surface area contributed by atoms with Gasteiger partial charge in [0.25, 0.3) is 0 Å². The van der Waals surface area contributed by atoms with Crippen LogP contribution in [0.3, 0.4) is 0 Å². The fourth-order valence-corrected chi connectivity index (χ4v) is 2.83. The number of halogens is 1. The number of esters is 1. The van der Waals surface area contributed by atoms with Gasteiger partial charge in [-0.1, -0.05) is 46.3 Å². The van der Waals surface area contributed by atoms with Gasteiger partial charge >= 0.3 is 5.97 Å². The summed E-state index contributed by atoms with van der Waals surface area (Å²) in [5, 5.41) is 13.2. The Morgan fingerprint density at radius 2 is 2.00 bits per heavy atom. The number of rotatable bonds is 5. The molecule has 0 spiro atoms. The summed E-state index contributed by atoms with van der Waals surface area (Å²) in [6, 6.07) is 17.1. The molecule has 0 fully saturated rings. The van der Waals surface area contributed by atoms with Crippen molar-refractivity contribution in [2.24, 2.45) is 0 Å². The quantitative estimate of drug-likeness (QED) is 0.613. The van der Waals surface area contributed by atoms with Crippen molar-refractivity contribution in [1.29, 1.82) is 5.26 Å². The maximum absolute atomic E-state index is 12.0. The molecule has 124 valence electrons. The van der Waals surface area contributed by atoms with E-state index in [2.05, 4.69) is 27.1 Å². The highest BCUT2D eigenvalue weighted by atomic mass is 79.9. The van der Waals surface area contributed by atoms with Crippen LogP contribution in [-0.4, -0.2) is 15.7 Å². The first-order valence-corrected chi connectivity index (χ1v) is 8.36. The highest BCUT2D eigenvalue weighted by molar-refractivity contribution is 9.10. The second kappa shape index (κ2) is 7.77. The third-order valence-corrected chi connectivity index (χ3v) is 3.99. The molecule has 1 aromatic heterocycles. The van der Waals surface area contributed by atoms with Gasteiger partial charge < -0.3 is 4.74 Å². The van der Waals surface area contributed by atoms with E-state index in [1.807, 2.05) is 36.4 Å². The molecule has 3 rings (SSSR count). The number of nitrogens with zero attached hydrogens (tertiary/aromatic N) is 3. The molecule has 0 radical (unpaired) electrons. The number of carbonyl (C=O) groups is 1. The molecule has 0 unspecified atom stereocenters. The summed E-state index contributed by atoms with van der Waals surface area (Å²) in [6.45, 7) is 0.275. The van der Waals surface area contributed by atoms with E-state index in [1.54, 1.807) is 24.5 Å². The van der Waals surface area contributed by atoms with E-state index in [4.69, 9.17) is 10.00 Å². The summed E-state index contributed by atoms with van der Waals surface area (Å²) in [5.74, 6) is -0.356. The van der Waals surface area contributed by atoms with Crippen LogP contribution in [0.4, 0.5) is 0 Å². The molecule has 0 bridgehead atoms. The standard InChI is InChI=1S/C19H14BrN3O2/c20-18-7-15(9-21)6-16(8-18)17-10-22-23(11-17)12-19(24)25-13-14-4-2-1-3-5-14/h1-8,10-11H,12-13H2. The highest BCUT2D eigenvalue weighted by Crippen LogP contribution is 2.24. The molecule has 0 aliphatic carbocycles. The van der Waals surface area contributed by atoms with Crippen LogP contribution in [0.2, 0.25) is 0 Å². The Labute approximate surface area is 153 Å². The first-order valence-electron chi connectivity index (χ1n) is 7.57. The summed E-state index contributed by atoms with van der Waals surface area (Å²) < 4.78 is 7.59. The molecular weight excluding hydrogens is 382 g/mol. The van der Waals surface area contributed by atoms with Crippen molar-refractivity contribution in [3.05, 3.63) is 76.5 Å². The fourth-order valence-electron chi connectivity index (χ4n) is 2.34. The van der Waals surface area contributed by atoms with E-state index < -0.39 is 0 Å². The number of ether oxygens (including phenoxy) is 1. The summed E-state index contributed by atoms with van der Waals surface area (Å²) >= 11 is 3.39. The van der Waals surface area contributed by atoms with Crippen LogP contribution in [-0.2, 0) is 22.7 Å². The van der Waals surface area contributed by atoms with E-state index >= 15 is 0 Å². The third-order valence-electron chi connectivity index (χ3n) is 3.53. The van der Waals surface area contributed by atoms with Gasteiger partial charge in [0, 0.05) is 16.2 Å². The Morgan fingerprint density at radius 1 is 1.20 bits per heavy atom. The molecule has 0 aliphatic rings. The minimum atomic E-state index is -0.356. The second-order valence-electron chi connectivity index (χ2n) is 5.41. The van der Waals surface area contributed by atoms with Crippen molar-refractivity contribution in [1.82, 2.24) is 9.78 Å². The minimum Gasteiger partial charge on any atom is -0.459 e. The summed E-state index contributed by atoms with van der Waals surface area (Å²) in [5.41, 5.74) is 3.18. The Kier molecular flexibility index (Phi) is 5.26. The van der Waals surface area contributed by atoms with Crippen LogP contribution in [0.15, 0.2) is 65.4 Å². The van der Waals surface area contributed by atoms with E-state index in [0.29, 0.717) is 5.56 Å². The van der Waals surface area contributed by atoms with Crippen molar-refractivity contribution < 1.29 is 9.53 Å². The third kappa shape index (κ3) is 4.55. The van der Waals surface area contributed by atoms with E-state index in [1.165, 1.54) is 4.68 Å². The van der Waals surface area contributed by atoms with Crippen molar-refractivity contribution in [3.8, 4) is 17.2 Å². The molecule has 5 nitrogen and oxygen atoms in total. The molecule has 0 saturated heterocycles. The minimum absolute atomic E-state index is 0.0337. The van der Waals surface area contributed by atoms with Crippen molar-refractivity contribution in [2.75, 3.05) is 0 Å². The number of hydrogen-bond donors (Lipinski definition) is 0. The lowest BCUT2D eigenvalue weighted by atomic mass is 10.1. The SMILES string of the molecule is N#Cc1cc(Br)cc(-c2cnn(CC(=O)OCc3ccccc3)c2)c1. The lowest BCUT2D eigenvalue weighted by Gasteiger charge is -2.05. The summed E-state index contributed by atoms with van der Waals surface area (Å²) in [4.78, 5) is 12.0. The van der Waals surface area contributed by atoms with Gasteiger partial charge in [0.05, 0.1) is 17.8 Å². The number of carbonyl (C=O) groups excluding carboxylic acids is 1. The van der Waals surface area contributed by atoms with Crippen LogP contribution in [0.5, 0.6) is 0 Å². The smallest absolute Gasteiger partial charge is 0.328 e. The average Bonchev–Trinajstić information content (AvgIpc) is 3.09. The lowest BCUT2D eigenvalue weighted by Crippen LogP contribution is -2.13. The highest BCUT2D eigenvalue weighted by Gasteiger charge is 2.09. The number of aromatic nitrogens is 2. The topological polar surface area (TPSA) is 67.9 Å². The van der Waals surface area contributed by atoms with E-state index in [0.717, 1.165) is 21.2 Å². The molecular formula is C19H14BrN3O2. The first kappa shape index (κ1) is 16.9. The maximum atomic E-state index is 12.0. The van der Waals surface area contributed by atoms with Gasteiger partial charge in [-0.05, 0) is 29.3 Å². The maximum Gasteiger partial charge on any atom is 0.328 e. The Hall–Kier alpha value is -2.91. The van der Waals surface area contributed by atoms with Crippen LogP contribution < -0.4 is 0 Å². The molecule has 0 aliphatic heterocycles. The van der Waals surface area contributed by atoms with Gasteiger partial charge in [-0.15, -0.1) is 0 Å². The van der Waals surface area contributed by atoms with E-state index in [-0.39, 0.29) is 19.1 Å².